The summed E-state index contributed by atoms with van der Waals surface area (Å²) in [5, 5.41) is 0. The molecule has 19 heavy (non-hydrogen) atoms. The normalized spacial score (nSPS) is 37.5. The van der Waals surface area contributed by atoms with Crippen LogP contribution in [0.4, 0.5) is 0 Å². The second-order valence-electron chi connectivity index (χ2n) is 5.16. The highest BCUT2D eigenvalue weighted by atomic mass is 16.8. The molecule has 0 aromatic heterocycles. The molecule has 4 nitrogen and oxygen atoms in total. The number of benzene rings is 1. The molecule has 2 unspecified atom stereocenters. The average molecular weight is 264 g/mol. The minimum atomic E-state index is -0.235. The van der Waals surface area contributed by atoms with Gasteiger partial charge in [0.1, 0.15) is 12.2 Å². The molecule has 0 amide bonds. The Morgan fingerprint density at radius 2 is 1.95 bits per heavy atom. The molecule has 0 N–H and O–H groups in total. The van der Waals surface area contributed by atoms with Gasteiger partial charge in [-0.2, -0.15) is 0 Å². The molecule has 0 saturated carbocycles. The maximum Gasteiger partial charge on any atom is 0.184 e. The number of hydrogen-bond donors (Lipinski definition) is 0. The summed E-state index contributed by atoms with van der Waals surface area (Å²) in [4.78, 5) is 0. The average Bonchev–Trinajstić information content (AvgIpc) is 2.77. The lowest BCUT2D eigenvalue weighted by Gasteiger charge is -2.33. The van der Waals surface area contributed by atoms with Gasteiger partial charge in [-0.1, -0.05) is 30.3 Å². The van der Waals surface area contributed by atoms with Gasteiger partial charge in [0, 0.05) is 13.5 Å². The summed E-state index contributed by atoms with van der Waals surface area (Å²) >= 11 is 0. The van der Waals surface area contributed by atoms with Crippen molar-refractivity contribution in [3.05, 3.63) is 35.9 Å². The van der Waals surface area contributed by atoms with Crippen LogP contribution in [0.5, 0.6) is 0 Å². The molecular weight excluding hydrogens is 244 g/mol. The van der Waals surface area contributed by atoms with E-state index >= 15 is 0 Å². The van der Waals surface area contributed by atoms with Crippen LogP contribution >= 0.6 is 0 Å². The summed E-state index contributed by atoms with van der Waals surface area (Å²) in [6.45, 7) is 2.63. The molecule has 0 aliphatic carbocycles. The molecule has 0 radical (unpaired) electrons. The highest BCUT2D eigenvalue weighted by Crippen LogP contribution is 2.35. The second-order valence-corrected chi connectivity index (χ2v) is 5.16. The molecule has 104 valence electrons. The smallest absolute Gasteiger partial charge is 0.184 e. The highest BCUT2D eigenvalue weighted by Gasteiger charge is 2.48. The summed E-state index contributed by atoms with van der Waals surface area (Å²) in [6, 6.07) is 10.2. The van der Waals surface area contributed by atoms with Gasteiger partial charge >= 0.3 is 0 Å². The van der Waals surface area contributed by atoms with Crippen molar-refractivity contribution in [3.8, 4) is 0 Å². The number of ether oxygens (including phenoxy) is 4. The van der Waals surface area contributed by atoms with Crippen molar-refractivity contribution in [2.45, 2.75) is 50.7 Å². The van der Waals surface area contributed by atoms with Crippen molar-refractivity contribution in [2.75, 3.05) is 7.11 Å². The van der Waals surface area contributed by atoms with Gasteiger partial charge in [-0.3, -0.25) is 0 Å². The lowest BCUT2D eigenvalue weighted by molar-refractivity contribution is -0.201. The Kier molecular flexibility index (Phi) is 3.84. The van der Waals surface area contributed by atoms with Gasteiger partial charge in [0.05, 0.1) is 18.8 Å². The van der Waals surface area contributed by atoms with Gasteiger partial charge in [0.15, 0.2) is 6.29 Å². The number of fused-ring (bicyclic) bond motifs is 2. The molecule has 2 bridgehead atoms. The lowest BCUT2D eigenvalue weighted by atomic mass is 10.0. The van der Waals surface area contributed by atoms with E-state index in [1.165, 1.54) is 5.56 Å². The molecule has 5 atom stereocenters. The largest absolute Gasteiger partial charge is 0.376 e. The van der Waals surface area contributed by atoms with Crippen LogP contribution in [0.25, 0.3) is 0 Å². The zero-order valence-electron chi connectivity index (χ0n) is 11.3. The Bertz CT molecular complexity index is 408. The third kappa shape index (κ3) is 2.67. The van der Waals surface area contributed by atoms with Crippen LogP contribution in [0.15, 0.2) is 30.3 Å². The molecular formula is C15H20O4. The number of methoxy groups -OCH3 is 1. The van der Waals surface area contributed by atoms with E-state index in [1.54, 1.807) is 7.11 Å². The zero-order chi connectivity index (χ0) is 13.2. The van der Waals surface area contributed by atoms with Gasteiger partial charge in [0.2, 0.25) is 0 Å². The fraction of sp³-hybridized carbons (Fsp3) is 0.600. The number of rotatable bonds is 4. The van der Waals surface area contributed by atoms with Crippen molar-refractivity contribution >= 4 is 0 Å². The predicted molar refractivity (Wildman–Crippen MR) is 69.6 cm³/mol. The van der Waals surface area contributed by atoms with Gasteiger partial charge in [0.25, 0.3) is 0 Å². The maximum absolute atomic E-state index is 6.02. The highest BCUT2D eigenvalue weighted by molar-refractivity contribution is 5.13. The first-order valence-corrected chi connectivity index (χ1v) is 6.77. The van der Waals surface area contributed by atoms with Crippen LogP contribution in [0.3, 0.4) is 0 Å². The minimum absolute atomic E-state index is 0.0140. The van der Waals surface area contributed by atoms with Crippen LogP contribution < -0.4 is 0 Å². The summed E-state index contributed by atoms with van der Waals surface area (Å²) in [5.41, 5.74) is 1.17. The van der Waals surface area contributed by atoms with E-state index < -0.39 is 0 Å². The van der Waals surface area contributed by atoms with E-state index in [0.29, 0.717) is 6.61 Å². The monoisotopic (exact) mass is 264 g/mol. The lowest BCUT2D eigenvalue weighted by Crippen LogP contribution is -2.45. The molecule has 4 heteroatoms. The van der Waals surface area contributed by atoms with E-state index in [1.807, 2.05) is 25.1 Å². The van der Waals surface area contributed by atoms with Crippen molar-refractivity contribution in [1.29, 1.82) is 0 Å². The first-order chi connectivity index (χ1) is 9.28. The second kappa shape index (κ2) is 5.59. The van der Waals surface area contributed by atoms with E-state index in [0.717, 1.165) is 6.42 Å². The molecule has 2 aliphatic rings. The Balaban J connectivity index is 1.63. The van der Waals surface area contributed by atoms with Gasteiger partial charge < -0.3 is 18.9 Å². The first-order valence-electron chi connectivity index (χ1n) is 6.77. The maximum atomic E-state index is 6.02. The molecule has 2 aliphatic heterocycles. The zero-order valence-corrected chi connectivity index (χ0v) is 11.3. The van der Waals surface area contributed by atoms with Crippen LogP contribution in [-0.2, 0) is 25.6 Å². The SMILES string of the molecule is CO[C@@H]1C[C@H](OCc2ccccc2)C2OC1O[C@H]2C. The Morgan fingerprint density at radius 1 is 1.16 bits per heavy atom. The third-order valence-electron chi connectivity index (χ3n) is 3.85. The Labute approximate surface area is 113 Å². The molecule has 0 spiro atoms. The molecule has 2 saturated heterocycles. The minimum Gasteiger partial charge on any atom is -0.376 e. The van der Waals surface area contributed by atoms with E-state index in [2.05, 4.69) is 12.1 Å². The van der Waals surface area contributed by atoms with Crippen LogP contribution in [0.2, 0.25) is 0 Å². The molecule has 2 heterocycles. The predicted octanol–water partition coefficient (Wildman–Crippen LogP) is 2.12. The van der Waals surface area contributed by atoms with Gasteiger partial charge in [-0.15, -0.1) is 0 Å². The third-order valence-corrected chi connectivity index (χ3v) is 3.85. The topological polar surface area (TPSA) is 36.9 Å². The van der Waals surface area contributed by atoms with Crippen LogP contribution in [-0.4, -0.2) is 37.8 Å². The fourth-order valence-electron chi connectivity index (χ4n) is 2.77. The molecule has 2 fully saturated rings. The van der Waals surface area contributed by atoms with Gasteiger partial charge in [-0.05, 0) is 12.5 Å². The summed E-state index contributed by atoms with van der Waals surface area (Å²) in [5.74, 6) is 0. The quantitative estimate of drug-likeness (QED) is 0.834. The van der Waals surface area contributed by atoms with Crippen molar-refractivity contribution in [2.24, 2.45) is 0 Å². The Hall–Kier alpha value is -0.940. The molecule has 1 aromatic carbocycles. The summed E-state index contributed by atoms with van der Waals surface area (Å²) in [6.07, 6.45) is 0.650. The van der Waals surface area contributed by atoms with Crippen molar-refractivity contribution in [1.82, 2.24) is 0 Å². The Morgan fingerprint density at radius 3 is 2.68 bits per heavy atom. The molecule has 3 rings (SSSR count). The van der Waals surface area contributed by atoms with Gasteiger partial charge in [-0.25, -0.2) is 0 Å². The van der Waals surface area contributed by atoms with E-state index in [4.69, 9.17) is 18.9 Å². The van der Waals surface area contributed by atoms with Crippen molar-refractivity contribution < 1.29 is 18.9 Å². The van der Waals surface area contributed by atoms with Crippen molar-refractivity contribution in [3.63, 3.8) is 0 Å². The fourth-order valence-corrected chi connectivity index (χ4v) is 2.77. The van der Waals surface area contributed by atoms with E-state index in [-0.39, 0.29) is 30.7 Å². The first kappa shape index (κ1) is 13.1. The van der Waals surface area contributed by atoms with E-state index in [9.17, 15) is 0 Å². The summed E-state index contributed by atoms with van der Waals surface area (Å²) < 4.78 is 23.0. The van der Waals surface area contributed by atoms with Crippen LogP contribution in [0.1, 0.15) is 18.9 Å². The number of hydrogen-bond acceptors (Lipinski definition) is 4. The summed E-state index contributed by atoms with van der Waals surface area (Å²) in [7, 11) is 1.69. The standard InChI is InChI=1S/C15H20O4/c1-10-14-12(8-13(16-2)15(18-10)19-14)17-9-11-6-4-3-5-7-11/h3-7,10,12-15H,8-9H2,1-2H3/t10-,12-,13+,14?,15?/m0/s1. The molecule has 1 aromatic rings. The van der Waals surface area contributed by atoms with Crippen LogP contribution in [0, 0.1) is 0 Å².